The highest BCUT2D eigenvalue weighted by molar-refractivity contribution is 7.98. The molecule has 0 fully saturated rings. The number of rotatable bonds is 16. The lowest BCUT2D eigenvalue weighted by atomic mass is 10.0. The van der Waals surface area contributed by atoms with E-state index in [1.165, 1.54) is 11.8 Å². The van der Waals surface area contributed by atoms with Crippen molar-refractivity contribution >= 4 is 41.4 Å². The van der Waals surface area contributed by atoms with Gasteiger partial charge in [0.1, 0.15) is 18.6 Å². The van der Waals surface area contributed by atoms with Crippen molar-refractivity contribution in [1.29, 1.82) is 0 Å². The molecule has 0 saturated carbocycles. The van der Waals surface area contributed by atoms with Gasteiger partial charge in [0.2, 0.25) is 17.7 Å². The molecule has 1 aromatic rings. The number of aliphatic imine (C=N–C) groups is 1. The fourth-order valence-corrected chi connectivity index (χ4v) is 3.52. The molecule has 10 N–H and O–H groups in total. The number of thioether (sulfide) groups is 1. The van der Waals surface area contributed by atoms with Crippen LogP contribution in [0.5, 0.6) is 0 Å². The third-order valence-corrected chi connectivity index (χ3v) is 5.52. The van der Waals surface area contributed by atoms with Crippen LogP contribution >= 0.6 is 11.8 Å². The summed E-state index contributed by atoms with van der Waals surface area (Å²) in [5.74, 6) is -2.39. The van der Waals surface area contributed by atoms with E-state index in [1.807, 2.05) is 12.3 Å². The van der Waals surface area contributed by atoms with Crippen LogP contribution < -0.4 is 33.2 Å². The molecule has 0 spiro atoms. The molecule has 0 saturated heterocycles. The number of hydrogen-bond donors (Lipinski definition) is 7. The van der Waals surface area contributed by atoms with Crippen LogP contribution in [-0.2, 0) is 25.6 Å². The summed E-state index contributed by atoms with van der Waals surface area (Å²) in [4.78, 5) is 53.0. The van der Waals surface area contributed by atoms with E-state index >= 15 is 0 Å². The summed E-state index contributed by atoms with van der Waals surface area (Å²) in [6, 6.07) is 6.15. The third-order valence-electron chi connectivity index (χ3n) is 4.88. The minimum absolute atomic E-state index is 0.0470. The lowest BCUT2D eigenvalue weighted by Crippen LogP contribution is -2.56. The van der Waals surface area contributed by atoms with Crippen molar-refractivity contribution in [3.05, 3.63) is 35.9 Å². The molecule has 3 atom stereocenters. The van der Waals surface area contributed by atoms with Gasteiger partial charge < -0.3 is 38.3 Å². The predicted molar refractivity (Wildman–Crippen MR) is 136 cm³/mol. The van der Waals surface area contributed by atoms with E-state index in [0.717, 1.165) is 5.56 Å². The first-order valence-corrected chi connectivity index (χ1v) is 12.5. The number of carboxylic acid groups (broad SMARTS) is 1. The molecule has 194 valence electrons. The molecular formula is C22H35N7O5S. The Balaban J connectivity index is 2.87. The number of guanidine groups is 1. The number of amides is 3. The molecule has 13 heteroatoms. The summed E-state index contributed by atoms with van der Waals surface area (Å²) in [5.41, 5.74) is 17.3. The fourth-order valence-electron chi connectivity index (χ4n) is 3.05. The van der Waals surface area contributed by atoms with Gasteiger partial charge in [-0.3, -0.25) is 24.2 Å². The van der Waals surface area contributed by atoms with Gasteiger partial charge in [0.15, 0.2) is 5.96 Å². The Labute approximate surface area is 208 Å². The molecule has 0 aromatic heterocycles. The molecular weight excluding hydrogens is 474 g/mol. The van der Waals surface area contributed by atoms with Crippen LogP contribution in [0.1, 0.15) is 24.8 Å². The van der Waals surface area contributed by atoms with Gasteiger partial charge in [-0.05, 0) is 36.8 Å². The van der Waals surface area contributed by atoms with Crippen molar-refractivity contribution in [3.8, 4) is 0 Å². The van der Waals surface area contributed by atoms with E-state index in [4.69, 9.17) is 22.3 Å². The van der Waals surface area contributed by atoms with Gasteiger partial charge in [0, 0.05) is 13.0 Å². The number of nitrogens with two attached hydrogens (primary N) is 3. The largest absolute Gasteiger partial charge is 0.480 e. The van der Waals surface area contributed by atoms with Crippen molar-refractivity contribution in [1.82, 2.24) is 16.0 Å². The van der Waals surface area contributed by atoms with Crippen molar-refractivity contribution in [2.24, 2.45) is 22.2 Å². The number of carbonyl (C=O) groups excluding carboxylic acids is 3. The molecule has 0 aliphatic heterocycles. The summed E-state index contributed by atoms with van der Waals surface area (Å²) in [7, 11) is 0. The molecule has 35 heavy (non-hydrogen) atoms. The fraction of sp³-hybridized carbons (Fsp3) is 0.500. The normalized spacial score (nSPS) is 13.1. The maximum atomic E-state index is 13.1. The maximum absolute atomic E-state index is 13.1. The van der Waals surface area contributed by atoms with Gasteiger partial charge in [-0.25, -0.2) is 0 Å². The summed E-state index contributed by atoms with van der Waals surface area (Å²) in [6.07, 6.45) is 3.12. The zero-order valence-corrected chi connectivity index (χ0v) is 20.6. The summed E-state index contributed by atoms with van der Waals surface area (Å²) in [5, 5.41) is 16.5. The van der Waals surface area contributed by atoms with Gasteiger partial charge in [0.05, 0.1) is 6.04 Å². The SMILES string of the molecule is CSCCC(NC(=O)C(N)CCCN=C(N)N)C(=O)NC(Cc1ccccc1)C(=O)NCC(=O)O. The molecule has 0 bridgehead atoms. The lowest BCUT2D eigenvalue weighted by molar-refractivity contribution is -0.138. The molecule has 3 unspecified atom stereocenters. The van der Waals surface area contributed by atoms with Crippen LogP contribution in [0.4, 0.5) is 0 Å². The maximum Gasteiger partial charge on any atom is 0.322 e. The predicted octanol–water partition coefficient (Wildman–Crippen LogP) is -1.47. The zero-order chi connectivity index (χ0) is 26.2. The van der Waals surface area contributed by atoms with E-state index in [0.29, 0.717) is 31.6 Å². The summed E-state index contributed by atoms with van der Waals surface area (Å²) < 4.78 is 0. The average molecular weight is 510 g/mol. The number of benzene rings is 1. The molecule has 12 nitrogen and oxygen atoms in total. The lowest BCUT2D eigenvalue weighted by Gasteiger charge is -2.24. The van der Waals surface area contributed by atoms with E-state index in [-0.39, 0.29) is 12.4 Å². The van der Waals surface area contributed by atoms with Gasteiger partial charge >= 0.3 is 5.97 Å². The number of hydrogen-bond acceptors (Lipinski definition) is 7. The highest BCUT2D eigenvalue weighted by atomic mass is 32.2. The Morgan fingerprint density at radius 1 is 1.00 bits per heavy atom. The Bertz CT molecular complexity index is 865. The molecule has 0 heterocycles. The first-order valence-electron chi connectivity index (χ1n) is 11.1. The number of carbonyl (C=O) groups is 4. The Kier molecular flexibility index (Phi) is 13.9. The average Bonchev–Trinajstić information content (AvgIpc) is 2.82. The smallest absolute Gasteiger partial charge is 0.322 e. The van der Waals surface area contributed by atoms with Crippen LogP contribution in [0.2, 0.25) is 0 Å². The molecule has 0 aliphatic carbocycles. The summed E-state index contributed by atoms with van der Waals surface area (Å²) in [6.45, 7) is -0.256. The number of nitrogens with one attached hydrogen (secondary N) is 3. The Morgan fingerprint density at radius 2 is 1.66 bits per heavy atom. The Morgan fingerprint density at radius 3 is 2.26 bits per heavy atom. The minimum atomic E-state index is -1.21. The van der Waals surface area contributed by atoms with Gasteiger partial charge in [0.25, 0.3) is 0 Å². The zero-order valence-electron chi connectivity index (χ0n) is 19.7. The highest BCUT2D eigenvalue weighted by Crippen LogP contribution is 2.07. The molecule has 3 amide bonds. The Hall–Kier alpha value is -3.32. The van der Waals surface area contributed by atoms with E-state index < -0.39 is 48.4 Å². The van der Waals surface area contributed by atoms with Crippen molar-refractivity contribution in [2.75, 3.05) is 25.1 Å². The van der Waals surface area contributed by atoms with Crippen molar-refractivity contribution in [2.45, 2.75) is 43.8 Å². The van der Waals surface area contributed by atoms with E-state index in [1.54, 1.807) is 24.3 Å². The molecule has 1 rings (SSSR count). The van der Waals surface area contributed by atoms with Gasteiger partial charge in [-0.15, -0.1) is 0 Å². The minimum Gasteiger partial charge on any atom is -0.480 e. The van der Waals surface area contributed by atoms with Crippen LogP contribution in [0.25, 0.3) is 0 Å². The standard InChI is InChI=1S/C22H35N7O5S/c1-35-11-9-16(28-19(32)15(23)8-5-10-26-22(24)25)21(34)29-17(20(33)27-13-18(30)31)12-14-6-3-2-4-7-14/h2-4,6-7,15-17H,5,8-13,23H2,1H3,(H,27,33)(H,28,32)(H,29,34)(H,30,31)(H4,24,25,26). The second kappa shape index (κ2) is 16.3. The van der Waals surface area contributed by atoms with Crippen LogP contribution in [0.3, 0.4) is 0 Å². The first-order chi connectivity index (χ1) is 16.6. The van der Waals surface area contributed by atoms with Crippen molar-refractivity contribution < 1.29 is 24.3 Å². The molecule has 0 radical (unpaired) electrons. The van der Waals surface area contributed by atoms with E-state index in [2.05, 4.69) is 20.9 Å². The van der Waals surface area contributed by atoms with Gasteiger partial charge in [-0.1, -0.05) is 30.3 Å². The number of carboxylic acids is 1. The second-order valence-electron chi connectivity index (χ2n) is 7.76. The van der Waals surface area contributed by atoms with Crippen LogP contribution in [0.15, 0.2) is 35.3 Å². The molecule has 1 aromatic carbocycles. The molecule has 0 aliphatic rings. The van der Waals surface area contributed by atoms with Crippen LogP contribution in [0, 0.1) is 0 Å². The second-order valence-corrected chi connectivity index (χ2v) is 8.75. The monoisotopic (exact) mass is 509 g/mol. The topological polar surface area (TPSA) is 215 Å². The van der Waals surface area contributed by atoms with Crippen molar-refractivity contribution in [3.63, 3.8) is 0 Å². The number of nitrogens with zero attached hydrogens (tertiary/aromatic N) is 1. The van der Waals surface area contributed by atoms with Gasteiger partial charge in [-0.2, -0.15) is 11.8 Å². The quantitative estimate of drug-likeness (QED) is 0.0785. The van der Waals surface area contributed by atoms with Crippen LogP contribution in [-0.4, -0.2) is 78.0 Å². The highest BCUT2D eigenvalue weighted by Gasteiger charge is 2.28. The van der Waals surface area contributed by atoms with E-state index in [9.17, 15) is 19.2 Å². The first kappa shape index (κ1) is 29.7. The number of aliphatic carboxylic acids is 1. The summed E-state index contributed by atoms with van der Waals surface area (Å²) >= 11 is 1.50. The third kappa shape index (κ3) is 12.6.